The van der Waals surface area contributed by atoms with Crippen LogP contribution in [0.4, 0.5) is 0 Å². The van der Waals surface area contributed by atoms with Gasteiger partial charge in [0.05, 0.1) is 0 Å². The lowest BCUT2D eigenvalue weighted by Crippen LogP contribution is -2.38. The van der Waals surface area contributed by atoms with E-state index in [2.05, 4.69) is 6.92 Å². The van der Waals surface area contributed by atoms with Crippen LogP contribution in [0.5, 0.6) is 0 Å². The van der Waals surface area contributed by atoms with Gasteiger partial charge in [-0.15, -0.1) is 0 Å². The molecule has 22 heavy (non-hydrogen) atoms. The molecule has 7 heteroatoms. The molecule has 1 aliphatic heterocycles. The predicted molar refractivity (Wildman–Crippen MR) is 88.1 cm³/mol. The lowest BCUT2D eigenvalue weighted by atomic mass is 10.1. The van der Waals surface area contributed by atoms with Crippen LogP contribution in [0.15, 0.2) is 12.4 Å². The molecule has 1 heterocycles. The van der Waals surface area contributed by atoms with E-state index in [1.165, 1.54) is 52.7 Å². The van der Waals surface area contributed by atoms with Crippen molar-refractivity contribution in [1.82, 2.24) is 9.80 Å². The third-order valence-electron chi connectivity index (χ3n) is 3.82. The molecule has 0 aromatic rings. The summed E-state index contributed by atoms with van der Waals surface area (Å²) in [6.07, 6.45) is 12.2. The Kier molecular flexibility index (Phi) is 9.10. The predicted octanol–water partition coefficient (Wildman–Crippen LogP) is 4.16. The molecule has 0 radical (unpaired) electrons. The van der Waals surface area contributed by atoms with Crippen LogP contribution in [0, 0.1) is 0 Å². The van der Waals surface area contributed by atoms with Crippen LogP contribution in [0.25, 0.3) is 0 Å². The lowest BCUT2D eigenvalue weighted by molar-refractivity contribution is -0.0399. The minimum Gasteiger partial charge on any atom is -0.337 e. The van der Waals surface area contributed by atoms with Gasteiger partial charge in [0.15, 0.2) is 0 Å². The summed E-state index contributed by atoms with van der Waals surface area (Å²) in [6.45, 7) is 3.10. The van der Waals surface area contributed by atoms with Gasteiger partial charge in [-0.1, -0.05) is 45.4 Å². The van der Waals surface area contributed by atoms with E-state index in [1.807, 2.05) is 29.2 Å². The Morgan fingerprint density at radius 1 is 1.00 bits per heavy atom. The molecule has 0 aliphatic carbocycles. The van der Waals surface area contributed by atoms with Gasteiger partial charge in [0.25, 0.3) is 0 Å². The Balaban J connectivity index is 2.32. The number of unbranched alkanes of at least 4 members (excludes halogenated alkanes) is 6. The van der Waals surface area contributed by atoms with Crippen LogP contribution >= 0.6 is 7.82 Å². The summed E-state index contributed by atoms with van der Waals surface area (Å²) in [5, 5.41) is 0. The first kappa shape index (κ1) is 19.5. The largest absolute Gasteiger partial charge is 0.477 e. The average molecular weight is 334 g/mol. The van der Waals surface area contributed by atoms with Crippen LogP contribution in [0.2, 0.25) is 0 Å². The smallest absolute Gasteiger partial charge is 0.337 e. The maximum Gasteiger partial charge on any atom is 0.477 e. The first-order valence-corrected chi connectivity index (χ1v) is 9.58. The highest BCUT2D eigenvalue weighted by Crippen LogP contribution is 2.49. The molecule has 0 N–H and O–H groups in total. The molecule has 0 saturated carbocycles. The average Bonchev–Trinajstić information content (AvgIpc) is 2.87. The van der Waals surface area contributed by atoms with Crippen molar-refractivity contribution in [2.45, 2.75) is 58.2 Å². The van der Waals surface area contributed by atoms with Gasteiger partial charge in [-0.2, -0.15) is 0 Å². The first-order valence-electron chi connectivity index (χ1n) is 8.12. The van der Waals surface area contributed by atoms with E-state index in [0.29, 0.717) is 0 Å². The Morgan fingerprint density at radius 3 is 2.18 bits per heavy atom. The molecule has 1 aliphatic rings. The molecule has 0 amide bonds. The van der Waals surface area contributed by atoms with Gasteiger partial charge in [-0.3, -0.25) is 9.05 Å². The molecular weight excluding hydrogens is 303 g/mol. The zero-order valence-electron chi connectivity index (χ0n) is 14.4. The van der Waals surface area contributed by atoms with Crippen molar-refractivity contribution in [2.75, 3.05) is 27.8 Å². The van der Waals surface area contributed by atoms with Crippen molar-refractivity contribution in [2.24, 2.45) is 0 Å². The van der Waals surface area contributed by atoms with Crippen molar-refractivity contribution in [3.8, 4) is 0 Å². The summed E-state index contributed by atoms with van der Waals surface area (Å²) in [5.41, 5.74) is 0. The molecule has 1 unspecified atom stereocenters. The van der Waals surface area contributed by atoms with Gasteiger partial charge in [-0.25, -0.2) is 9.09 Å². The van der Waals surface area contributed by atoms with Crippen molar-refractivity contribution in [3.05, 3.63) is 12.4 Å². The highest BCUT2D eigenvalue weighted by molar-refractivity contribution is 7.48. The second-order valence-corrected chi connectivity index (χ2v) is 7.40. The number of phosphoric acid groups is 1. The van der Waals surface area contributed by atoms with Crippen LogP contribution in [-0.4, -0.2) is 44.0 Å². The Hall–Kier alpha value is -0.550. The fourth-order valence-corrected chi connectivity index (χ4v) is 3.24. The highest BCUT2D eigenvalue weighted by atomic mass is 31.2. The van der Waals surface area contributed by atoms with Gasteiger partial charge in [-0.05, 0) is 6.42 Å². The van der Waals surface area contributed by atoms with Gasteiger partial charge >= 0.3 is 7.82 Å². The van der Waals surface area contributed by atoms with Crippen LogP contribution in [0.1, 0.15) is 51.9 Å². The van der Waals surface area contributed by atoms with E-state index in [-0.39, 0.29) is 0 Å². The van der Waals surface area contributed by atoms with Crippen LogP contribution in [0.3, 0.4) is 0 Å². The van der Waals surface area contributed by atoms with E-state index < -0.39 is 14.2 Å². The third-order valence-corrected chi connectivity index (χ3v) is 5.16. The quantitative estimate of drug-likeness (QED) is 0.395. The first-order chi connectivity index (χ1) is 10.6. The molecule has 0 fully saturated rings. The Morgan fingerprint density at radius 2 is 1.59 bits per heavy atom. The Bertz CT molecular complexity index is 371. The summed E-state index contributed by atoms with van der Waals surface area (Å²) >= 11 is 0. The van der Waals surface area contributed by atoms with E-state index in [9.17, 15) is 4.57 Å². The van der Waals surface area contributed by atoms with Crippen molar-refractivity contribution >= 4 is 7.82 Å². The summed E-state index contributed by atoms with van der Waals surface area (Å²) < 4.78 is 27.4. The second-order valence-electron chi connectivity index (χ2n) is 5.57. The van der Waals surface area contributed by atoms with Gasteiger partial charge < -0.3 is 9.80 Å². The molecule has 0 aromatic heterocycles. The van der Waals surface area contributed by atoms with E-state index in [4.69, 9.17) is 13.6 Å². The van der Waals surface area contributed by atoms with Crippen molar-refractivity contribution < 1.29 is 18.1 Å². The lowest BCUT2D eigenvalue weighted by Gasteiger charge is -2.31. The molecule has 1 rings (SSSR count). The summed E-state index contributed by atoms with van der Waals surface area (Å²) in [6, 6.07) is 0. The summed E-state index contributed by atoms with van der Waals surface area (Å²) in [4.78, 5) is 3.88. The maximum atomic E-state index is 12.1. The van der Waals surface area contributed by atoms with E-state index >= 15 is 0 Å². The van der Waals surface area contributed by atoms with Crippen molar-refractivity contribution in [3.63, 3.8) is 0 Å². The number of hydrogen-bond acceptors (Lipinski definition) is 6. The number of phosphoric ester groups is 1. The topological polar surface area (TPSA) is 51.2 Å². The van der Waals surface area contributed by atoms with E-state index in [1.54, 1.807) is 0 Å². The van der Waals surface area contributed by atoms with Gasteiger partial charge in [0.2, 0.25) is 6.35 Å². The molecule has 0 spiro atoms. The molecule has 0 aromatic carbocycles. The molecule has 130 valence electrons. The molecule has 0 bridgehead atoms. The fourth-order valence-electron chi connectivity index (χ4n) is 2.42. The summed E-state index contributed by atoms with van der Waals surface area (Å²) in [7, 11) is 1.04. The van der Waals surface area contributed by atoms with Crippen LogP contribution < -0.4 is 0 Å². The van der Waals surface area contributed by atoms with E-state index in [0.717, 1.165) is 13.0 Å². The molecule has 1 atom stereocenters. The minimum atomic E-state index is -3.49. The minimum absolute atomic E-state index is 0.439. The summed E-state index contributed by atoms with van der Waals surface area (Å²) in [5.74, 6) is 0. The normalized spacial score (nSPS) is 18.5. The third kappa shape index (κ3) is 6.29. The van der Waals surface area contributed by atoms with Crippen molar-refractivity contribution in [1.29, 1.82) is 0 Å². The monoisotopic (exact) mass is 334 g/mol. The van der Waals surface area contributed by atoms with Gasteiger partial charge in [0.1, 0.15) is 0 Å². The SMILES string of the molecule is CCCCCCCCCN1C=CN(C)C1OP(=O)(OC)OC. The molecule has 6 nitrogen and oxygen atoms in total. The number of rotatable bonds is 12. The fraction of sp³-hybridized carbons (Fsp3) is 0.867. The zero-order chi connectivity index (χ0) is 16.4. The van der Waals surface area contributed by atoms with Crippen LogP contribution in [-0.2, 0) is 18.1 Å². The Labute approximate surface area is 135 Å². The second kappa shape index (κ2) is 10.3. The van der Waals surface area contributed by atoms with Gasteiger partial charge in [0, 0.05) is 40.2 Å². The standard InChI is InChI=1S/C15H31N2O4P/c1-5-6-7-8-9-10-11-12-17-14-13-16(2)15(17)21-22(18,19-3)20-4/h13-15H,5-12H2,1-4H3. The highest BCUT2D eigenvalue weighted by Gasteiger charge is 2.34. The molecular formula is C15H31N2O4P. The molecule has 0 saturated heterocycles. The number of hydrogen-bond donors (Lipinski definition) is 0. The number of nitrogens with zero attached hydrogens (tertiary/aromatic N) is 2. The zero-order valence-corrected chi connectivity index (χ0v) is 15.3. The maximum absolute atomic E-state index is 12.1.